The Morgan fingerprint density at radius 3 is 2.75 bits per heavy atom. The van der Waals surface area contributed by atoms with Crippen molar-refractivity contribution in [2.24, 2.45) is 0 Å². The van der Waals surface area contributed by atoms with Crippen molar-refractivity contribution in [2.75, 3.05) is 37.5 Å². The van der Waals surface area contributed by atoms with E-state index in [9.17, 15) is 0 Å². The monoisotopic (exact) mass is 223 g/mol. The topological polar surface area (TPSA) is 37.4 Å². The second-order valence-electron chi connectivity index (χ2n) is 3.91. The second-order valence-corrected chi connectivity index (χ2v) is 3.91. The lowest BCUT2D eigenvalue weighted by Crippen LogP contribution is -2.34. The Balaban J connectivity index is 2.82. The van der Waals surface area contributed by atoms with Gasteiger partial charge >= 0.3 is 0 Å². The van der Waals surface area contributed by atoms with Gasteiger partial charge in [-0.05, 0) is 26.0 Å². The Morgan fingerprint density at radius 1 is 1.44 bits per heavy atom. The zero-order chi connectivity index (χ0) is 12.0. The Bertz CT molecular complexity index is 315. The molecule has 0 aromatic carbocycles. The lowest BCUT2D eigenvalue weighted by Gasteiger charge is -2.27. The number of aromatic nitrogens is 1. The minimum absolute atomic E-state index is 0.412. The number of ether oxygens (including phenoxy) is 1. The molecule has 0 saturated carbocycles. The van der Waals surface area contributed by atoms with Crippen LogP contribution in [0.1, 0.15) is 13.8 Å². The minimum Gasteiger partial charge on any atom is -0.383 e. The van der Waals surface area contributed by atoms with Gasteiger partial charge in [0.1, 0.15) is 11.6 Å². The van der Waals surface area contributed by atoms with E-state index in [-0.39, 0.29) is 0 Å². The first-order chi connectivity index (χ1) is 7.69. The van der Waals surface area contributed by atoms with Gasteiger partial charge in [0.25, 0.3) is 0 Å². The van der Waals surface area contributed by atoms with Crippen molar-refractivity contribution < 1.29 is 4.74 Å². The maximum Gasteiger partial charge on any atom is 0.131 e. The van der Waals surface area contributed by atoms with Crippen LogP contribution in [-0.2, 0) is 4.74 Å². The van der Waals surface area contributed by atoms with E-state index >= 15 is 0 Å². The van der Waals surface area contributed by atoms with Crippen molar-refractivity contribution >= 4 is 11.6 Å². The third kappa shape index (κ3) is 3.38. The van der Waals surface area contributed by atoms with Crippen LogP contribution in [0.3, 0.4) is 0 Å². The minimum atomic E-state index is 0.412. The van der Waals surface area contributed by atoms with Crippen molar-refractivity contribution in [3.05, 3.63) is 18.2 Å². The molecule has 1 aromatic rings. The van der Waals surface area contributed by atoms with E-state index in [1.807, 2.05) is 25.2 Å². The van der Waals surface area contributed by atoms with Gasteiger partial charge in [0.05, 0.1) is 6.61 Å². The fraction of sp³-hybridized carbons (Fsp3) is 0.583. The number of pyridine rings is 1. The van der Waals surface area contributed by atoms with Crippen LogP contribution in [0.25, 0.3) is 0 Å². The van der Waals surface area contributed by atoms with E-state index in [1.54, 1.807) is 7.11 Å². The lowest BCUT2D eigenvalue weighted by molar-refractivity contribution is 0.203. The molecule has 1 rings (SSSR count). The summed E-state index contributed by atoms with van der Waals surface area (Å²) in [6.45, 7) is 5.88. The van der Waals surface area contributed by atoms with Gasteiger partial charge in [-0.15, -0.1) is 0 Å². The van der Waals surface area contributed by atoms with Crippen LogP contribution in [-0.4, -0.2) is 38.3 Å². The molecule has 0 unspecified atom stereocenters. The molecule has 16 heavy (non-hydrogen) atoms. The van der Waals surface area contributed by atoms with Gasteiger partial charge in [-0.3, -0.25) is 0 Å². The summed E-state index contributed by atoms with van der Waals surface area (Å²) < 4.78 is 5.12. The Labute approximate surface area is 97.6 Å². The zero-order valence-electron chi connectivity index (χ0n) is 10.5. The van der Waals surface area contributed by atoms with Crippen molar-refractivity contribution in [2.45, 2.75) is 19.9 Å². The van der Waals surface area contributed by atoms with Gasteiger partial charge in [0, 0.05) is 26.7 Å². The predicted molar refractivity (Wildman–Crippen MR) is 68.1 cm³/mol. The zero-order valence-corrected chi connectivity index (χ0v) is 10.5. The molecule has 0 fully saturated rings. The van der Waals surface area contributed by atoms with Crippen molar-refractivity contribution in [3.63, 3.8) is 0 Å². The largest absolute Gasteiger partial charge is 0.383 e. The maximum absolute atomic E-state index is 5.12. The normalized spacial score (nSPS) is 10.6. The molecule has 0 saturated heterocycles. The average Bonchev–Trinajstić information content (AvgIpc) is 2.29. The van der Waals surface area contributed by atoms with Crippen LogP contribution >= 0.6 is 0 Å². The highest BCUT2D eigenvalue weighted by Gasteiger charge is 2.11. The van der Waals surface area contributed by atoms with Gasteiger partial charge in [-0.1, -0.05) is 6.07 Å². The number of hydrogen-bond acceptors (Lipinski definition) is 4. The summed E-state index contributed by atoms with van der Waals surface area (Å²) >= 11 is 0. The summed E-state index contributed by atoms with van der Waals surface area (Å²) in [7, 11) is 3.59. The first-order valence-electron chi connectivity index (χ1n) is 5.59. The first-order valence-corrected chi connectivity index (χ1v) is 5.59. The standard InChI is InChI=1S/C12H21N3O/c1-10(2)15(8-9-16-4)12-7-5-6-11(13-3)14-12/h5-7,10H,8-9H2,1-4H3,(H,13,14). The van der Waals surface area contributed by atoms with Crippen LogP contribution in [0.2, 0.25) is 0 Å². The highest BCUT2D eigenvalue weighted by atomic mass is 16.5. The summed E-state index contributed by atoms with van der Waals surface area (Å²) in [6.07, 6.45) is 0. The molecule has 0 amide bonds. The number of anilines is 2. The van der Waals surface area contributed by atoms with E-state index in [0.717, 1.165) is 18.2 Å². The maximum atomic E-state index is 5.12. The Kier molecular flexibility index (Phi) is 5.05. The van der Waals surface area contributed by atoms with Crippen molar-refractivity contribution in [1.82, 2.24) is 4.98 Å². The van der Waals surface area contributed by atoms with E-state index in [4.69, 9.17) is 4.74 Å². The molecule has 0 aliphatic heterocycles. The summed E-state index contributed by atoms with van der Waals surface area (Å²) in [6, 6.07) is 6.40. The highest BCUT2D eigenvalue weighted by molar-refractivity contribution is 5.47. The van der Waals surface area contributed by atoms with Gasteiger partial charge in [0.15, 0.2) is 0 Å². The molecule has 0 bridgehead atoms. The Hall–Kier alpha value is -1.29. The number of nitrogens with zero attached hydrogens (tertiary/aromatic N) is 2. The van der Waals surface area contributed by atoms with Crippen molar-refractivity contribution in [3.8, 4) is 0 Å². The highest BCUT2D eigenvalue weighted by Crippen LogP contribution is 2.16. The van der Waals surface area contributed by atoms with E-state index < -0.39 is 0 Å². The first kappa shape index (κ1) is 12.8. The molecule has 0 aliphatic carbocycles. The summed E-state index contributed by atoms with van der Waals surface area (Å²) in [5.74, 6) is 1.87. The molecule has 1 N–H and O–H groups in total. The third-order valence-electron chi connectivity index (χ3n) is 2.44. The summed E-state index contributed by atoms with van der Waals surface area (Å²) in [5, 5.41) is 3.05. The summed E-state index contributed by atoms with van der Waals surface area (Å²) in [5.41, 5.74) is 0. The predicted octanol–water partition coefficient (Wildman–Crippen LogP) is 1.98. The fourth-order valence-electron chi connectivity index (χ4n) is 1.55. The molecule has 1 aromatic heterocycles. The smallest absolute Gasteiger partial charge is 0.131 e. The molecular formula is C12H21N3O. The second kappa shape index (κ2) is 6.33. The molecule has 0 aliphatic rings. The van der Waals surface area contributed by atoms with Gasteiger partial charge in [-0.25, -0.2) is 4.98 Å². The molecule has 90 valence electrons. The number of rotatable bonds is 6. The van der Waals surface area contributed by atoms with Gasteiger partial charge < -0.3 is 15.0 Å². The molecule has 0 spiro atoms. The van der Waals surface area contributed by atoms with Gasteiger partial charge in [0.2, 0.25) is 0 Å². The van der Waals surface area contributed by atoms with Crippen LogP contribution in [0.4, 0.5) is 11.6 Å². The molecule has 4 heteroatoms. The Morgan fingerprint density at radius 2 is 2.19 bits per heavy atom. The molecular weight excluding hydrogens is 202 g/mol. The van der Waals surface area contributed by atoms with E-state index in [2.05, 4.69) is 29.0 Å². The van der Waals surface area contributed by atoms with Crippen LogP contribution in [0.15, 0.2) is 18.2 Å². The van der Waals surface area contributed by atoms with E-state index in [1.165, 1.54) is 0 Å². The molecule has 1 heterocycles. The number of nitrogens with one attached hydrogen (secondary N) is 1. The average molecular weight is 223 g/mol. The molecule has 0 radical (unpaired) electrons. The van der Waals surface area contributed by atoms with Crippen LogP contribution in [0, 0.1) is 0 Å². The number of methoxy groups -OCH3 is 1. The number of hydrogen-bond donors (Lipinski definition) is 1. The third-order valence-corrected chi connectivity index (χ3v) is 2.44. The van der Waals surface area contributed by atoms with Crippen molar-refractivity contribution in [1.29, 1.82) is 0 Å². The quantitative estimate of drug-likeness (QED) is 0.800. The fourth-order valence-corrected chi connectivity index (χ4v) is 1.55. The van der Waals surface area contributed by atoms with E-state index in [0.29, 0.717) is 12.6 Å². The van der Waals surface area contributed by atoms with Gasteiger partial charge in [-0.2, -0.15) is 0 Å². The molecule has 0 atom stereocenters. The van der Waals surface area contributed by atoms with Crippen LogP contribution < -0.4 is 10.2 Å². The van der Waals surface area contributed by atoms with Crippen LogP contribution in [0.5, 0.6) is 0 Å². The molecule has 4 nitrogen and oxygen atoms in total. The summed E-state index contributed by atoms with van der Waals surface area (Å²) in [4.78, 5) is 6.75. The SMILES string of the molecule is CNc1cccc(N(CCOC)C(C)C)n1. The lowest BCUT2D eigenvalue weighted by atomic mass is 10.3.